The summed E-state index contributed by atoms with van der Waals surface area (Å²) >= 11 is 0. The van der Waals surface area contributed by atoms with Gasteiger partial charge in [0.2, 0.25) is 0 Å². The summed E-state index contributed by atoms with van der Waals surface area (Å²) in [4.78, 5) is 10.4. The summed E-state index contributed by atoms with van der Waals surface area (Å²) in [7, 11) is 0. The van der Waals surface area contributed by atoms with Crippen LogP contribution >= 0.6 is 0 Å². The van der Waals surface area contributed by atoms with E-state index in [2.05, 4.69) is 5.32 Å². The van der Waals surface area contributed by atoms with Gasteiger partial charge in [0.15, 0.2) is 0 Å². The van der Waals surface area contributed by atoms with Crippen molar-refractivity contribution in [2.45, 2.75) is 13.3 Å². The van der Waals surface area contributed by atoms with Gasteiger partial charge in [0.1, 0.15) is 0 Å². The monoisotopic (exact) mass is 191 g/mol. The third kappa shape index (κ3) is 3.31. The standard InChI is InChI=1S/C11H13NO2/c1-2-9(8-11(13)14)12-10-6-4-3-5-7-10/h3-8,12H,2H2,1H3,(H,13,14)/b9-8+. The Morgan fingerprint density at radius 3 is 2.57 bits per heavy atom. The van der Waals surface area contributed by atoms with Crippen LogP contribution in [0.5, 0.6) is 0 Å². The van der Waals surface area contributed by atoms with Crippen LogP contribution in [0.1, 0.15) is 13.3 Å². The maximum absolute atomic E-state index is 10.4. The zero-order valence-corrected chi connectivity index (χ0v) is 8.03. The molecule has 1 aromatic rings. The van der Waals surface area contributed by atoms with Crippen molar-refractivity contribution < 1.29 is 9.90 Å². The molecule has 2 N–H and O–H groups in total. The van der Waals surface area contributed by atoms with Gasteiger partial charge in [-0.1, -0.05) is 25.1 Å². The first-order valence-electron chi connectivity index (χ1n) is 4.48. The van der Waals surface area contributed by atoms with Crippen LogP contribution in [0.2, 0.25) is 0 Å². The molecule has 0 amide bonds. The van der Waals surface area contributed by atoms with E-state index in [4.69, 9.17) is 5.11 Å². The molecule has 0 spiro atoms. The molecule has 1 aromatic carbocycles. The number of para-hydroxylation sites is 1. The molecule has 3 heteroatoms. The van der Waals surface area contributed by atoms with E-state index < -0.39 is 5.97 Å². The number of aliphatic carboxylic acids is 1. The summed E-state index contributed by atoms with van der Waals surface area (Å²) in [6.07, 6.45) is 1.86. The number of carboxylic acid groups (broad SMARTS) is 1. The number of benzene rings is 1. The van der Waals surface area contributed by atoms with Crippen LogP contribution in [-0.4, -0.2) is 11.1 Å². The first-order valence-corrected chi connectivity index (χ1v) is 4.48. The molecule has 0 saturated heterocycles. The number of rotatable bonds is 4. The fourth-order valence-electron chi connectivity index (χ4n) is 1.08. The lowest BCUT2D eigenvalue weighted by Crippen LogP contribution is -2.01. The van der Waals surface area contributed by atoms with E-state index in [0.717, 1.165) is 5.69 Å². The molecule has 0 heterocycles. The van der Waals surface area contributed by atoms with Crippen molar-refractivity contribution >= 4 is 11.7 Å². The molecule has 3 nitrogen and oxygen atoms in total. The van der Waals surface area contributed by atoms with Gasteiger partial charge < -0.3 is 10.4 Å². The molecular formula is C11H13NO2. The van der Waals surface area contributed by atoms with E-state index in [0.29, 0.717) is 12.1 Å². The van der Waals surface area contributed by atoms with Gasteiger partial charge in [0.05, 0.1) is 0 Å². The number of allylic oxidation sites excluding steroid dienone is 1. The lowest BCUT2D eigenvalue weighted by molar-refractivity contribution is -0.131. The van der Waals surface area contributed by atoms with Crippen molar-refractivity contribution in [1.82, 2.24) is 0 Å². The predicted octanol–water partition coefficient (Wildman–Crippen LogP) is 2.48. The highest BCUT2D eigenvalue weighted by Crippen LogP contribution is 2.10. The largest absolute Gasteiger partial charge is 0.478 e. The van der Waals surface area contributed by atoms with Crippen molar-refractivity contribution in [1.29, 1.82) is 0 Å². The second-order valence-electron chi connectivity index (χ2n) is 2.85. The summed E-state index contributed by atoms with van der Waals surface area (Å²) in [5.41, 5.74) is 1.60. The van der Waals surface area contributed by atoms with Gasteiger partial charge in [-0.25, -0.2) is 4.79 Å². The lowest BCUT2D eigenvalue weighted by atomic mass is 10.2. The Balaban J connectivity index is 2.71. The van der Waals surface area contributed by atoms with Gasteiger partial charge in [-0.15, -0.1) is 0 Å². The summed E-state index contributed by atoms with van der Waals surface area (Å²) < 4.78 is 0. The van der Waals surface area contributed by atoms with Crippen LogP contribution < -0.4 is 5.32 Å². The third-order valence-electron chi connectivity index (χ3n) is 1.76. The second kappa shape index (κ2) is 5.07. The highest BCUT2D eigenvalue weighted by atomic mass is 16.4. The molecule has 0 radical (unpaired) electrons. The number of anilines is 1. The minimum Gasteiger partial charge on any atom is -0.478 e. The highest BCUT2D eigenvalue weighted by molar-refractivity contribution is 5.81. The van der Waals surface area contributed by atoms with Gasteiger partial charge in [-0.05, 0) is 18.6 Å². The minimum atomic E-state index is -0.926. The highest BCUT2D eigenvalue weighted by Gasteiger charge is 1.97. The van der Waals surface area contributed by atoms with E-state index in [1.165, 1.54) is 6.08 Å². The van der Waals surface area contributed by atoms with Crippen LogP contribution in [0.25, 0.3) is 0 Å². The van der Waals surface area contributed by atoms with Crippen LogP contribution in [0.3, 0.4) is 0 Å². The topological polar surface area (TPSA) is 49.3 Å². The summed E-state index contributed by atoms with van der Waals surface area (Å²) in [6.45, 7) is 1.91. The number of hydrogen-bond acceptors (Lipinski definition) is 2. The van der Waals surface area contributed by atoms with Gasteiger partial charge in [0.25, 0.3) is 0 Å². The van der Waals surface area contributed by atoms with E-state index in [1.54, 1.807) is 0 Å². The Bertz CT molecular complexity index is 330. The SMILES string of the molecule is CC/C(=C\C(=O)O)Nc1ccccc1. The van der Waals surface area contributed by atoms with Gasteiger partial charge in [0, 0.05) is 17.5 Å². The lowest BCUT2D eigenvalue weighted by Gasteiger charge is -2.07. The Morgan fingerprint density at radius 2 is 2.07 bits per heavy atom. The number of hydrogen-bond donors (Lipinski definition) is 2. The first-order chi connectivity index (χ1) is 6.72. The van der Waals surface area contributed by atoms with Crippen LogP contribution in [-0.2, 0) is 4.79 Å². The fraction of sp³-hybridized carbons (Fsp3) is 0.182. The van der Waals surface area contributed by atoms with Crippen molar-refractivity contribution in [3.8, 4) is 0 Å². The van der Waals surface area contributed by atoms with Crippen LogP contribution in [0.4, 0.5) is 5.69 Å². The van der Waals surface area contributed by atoms with Crippen molar-refractivity contribution in [3.05, 3.63) is 42.1 Å². The molecule has 14 heavy (non-hydrogen) atoms. The van der Waals surface area contributed by atoms with Crippen molar-refractivity contribution in [2.24, 2.45) is 0 Å². The molecule has 1 rings (SSSR count). The zero-order chi connectivity index (χ0) is 10.4. The van der Waals surface area contributed by atoms with Crippen molar-refractivity contribution in [3.63, 3.8) is 0 Å². The minimum absolute atomic E-state index is 0.668. The van der Waals surface area contributed by atoms with E-state index in [9.17, 15) is 4.79 Å². The fourth-order valence-corrected chi connectivity index (χ4v) is 1.08. The van der Waals surface area contributed by atoms with Crippen molar-refractivity contribution in [2.75, 3.05) is 5.32 Å². The number of carboxylic acids is 1. The predicted molar refractivity (Wildman–Crippen MR) is 56.1 cm³/mol. The molecule has 0 unspecified atom stereocenters. The molecule has 0 aliphatic carbocycles. The molecule has 0 aliphatic heterocycles. The maximum atomic E-state index is 10.4. The van der Waals surface area contributed by atoms with E-state index >= 15 is 0 Å². The Morgan fingerprint density at radius 1 is 1.43 bits per heavy atom. The number of carbonyl (C=O) groups is 1. The maximum Gasteiger partial charge on any atom is 0.330 e. The normalized spacial score (nSPS) is 11.1. The number of nitrogens with one attached hydrogen (secondary N) is 1. The summed E-state index contributed by atoms with van der Waals surface area (Å²) in [5.74, 6) is -0.926. The smallest absolute Gasteiger partial charge is 0.330 e. The van der Waals surface area contributed by atoms with Crippen LogP contribution in [0, 0.1) is 0 Å². The Labute approximate surface area is 83.1 Å². The Hall–Kier alpha value is -1.77. The molecule has 74 valence electrons. The third-order valence-corrected chi connectivity index (χ3v) is 1.76. The van der Waals surface area contributed by atoms with E-state index in [-0.39, 0.29) is 0 Å². The molecule has 0 fully saturated rings. The molecule has 0 bridgehead atoms. The summed E-state index contributed by atoms with van der Waals surface area (Å²) in [6, 6.07) is 9.50. The summed E-state index contributed by atoms with van der Waals surface area (Å²) in [5, 5.41) is 11.6. The quantitative estimate of drug-likeness (QED) is 0.719. The average molecular weight is 191 g/mol. The second-order valence-corrected chi connectivity index (χ2v) is 2.85. The molecule has 0 aliphatic rings. The van der Waals surface area contributed by atoms with Gasteiger partial charge in [-0.3, -0.25) is 0 Å². The van der Waals surface area contributed by atoms with Gasteiger partial charge >= 0.3 is 5.97 Å². The molecule has 0 aromatic heterocycles. The van der Waals surface area contributed by atoms with Gasteiger partial charge in [-0.2, -0.15) is 0 Å². The average Bonchev–Trinajstić information content (AvgIpc) is 2.17. The molecule has 0 atom stereocenters. The zero-order valence-electron chi connectivity index (χ0n) is 8.03. The Kier molecular flexibility index (Phi) is 3.73. The van der Waals surface area contributed by atoms with E-state index in [1.807, 2.05) is 37.3 Å². The van der Waals surface area contributed by atoms with Crippen LogP contribution in [0.15, 0.2) is 42.1 Å². The molecular weight excluding hydrogens is 178 g/mol. The first kappa shape index (κ1) is 10.3. The molecule has 0 saturated carbocycles.